The lowest BCUT2D eigenvalue weighted by atomic mass is 10.2. The molecule has 0 radical (unpaired) electrons. The molecule has 0 saturated carbocycles. The highest BCUT2D eigenvalue weighted by molar-refractivity contribution is 9.10. The summed E-state index contributed by atoms with van der Waals surface area (Å²) in [4.78, 5) is 29.0. The van der Waals surface area contributed by atoms with Gasteiger partial charge >= 0.3 is 0 Å². The van der Waals surface area contributed by atoms with Crippen molar-refractivity contribution in [3.05, 3.63) is 104 Å². The minimum Gasteiger partial charge on any atom is -0.488 e. The highest BCUT2D eigenvalue weighted by atomic mass is 79.9. The second-order valence-electron chi connectivity index (χ2n) is 6.90. The molecule has 0 spiro atoms. The SMILES string of the molecule is O=C1NC(=NC(=O)c2ccc(Cl)cc2)S/C1=C\c1ccc(OCc2cccc(F)c2)c(Br)c1. The van der Waals surface area contributed by atoms with Gasteiger partial charge < -0.3 is 10.1 Å². The van der Waals surface area contributed by atoms with E-state index in [1.807, 2.05) is 0 Å². The number of thioether (sulfide) groups is 1. The van der Waals surface area contributed by atoms with E-state index in [1.165, 1.54) is 12.1 Å². The van der Waals surface area contributed by atoms with Gasteiger partial charge in [0, 0.05) is 10.6 Å². The van der Waals surface area contributed by atoms with E-state index in [-0.39, 0.29) is 23.5 Å². The maximum atomic E-state index is 13.3. The number of nitrogens with zero attached hydrogens (tertiary/aromatic N) is 1. The summed E-state index contributed by atoms with van der Waals surface area (Å²) in [5.41, 5.74) is 1.84. The van der Waals surface area contributed by atoms with Gasteiger partial charge in [-0.15, -0.1) is 0 Å². The molecule has 3 aromatic rings. The van der Waals surface area contributed by atoms with Crippen molar-refractivity contribution in [2.75, 3.05) is 0 Å². The molecule has 1 heterocycles. The maximum absolute atomic E-state index is 13.3. The molecule has 5 nitrogen and oxygen atoms in total. The van der Waals surface area contributed by atoms with Crippen molar-refractivity contribution in [3.63, 3.8) is 0 Å². The van der Waals surface area contributed by atoms with Gasteiger partial charge in [0.25, 0.3) is 11.8 Å². The minimum atomic E-state index is -0.474. The second kappa shape index (κ2) is 10.3. The van der Waals surface area contributed by atoms with E-state index in [2.05, 4.69) is 26.2 Å². The summed E-state index contributed by atoms with van der Waals surface area (Å²) in [6, 6.07) is 17.9. The first-order chi connectivity index (χ1) is 15.9. The van der Waals surface area contributed by atoms with Crippen LogP contribution in [0, 0.1) is 5.82 Å². The van der Waals surface area contributed by atoms with E-state index >= 15 is 0 Å². The van der Waals surface area contributed by atoms with Crippen molar-refractivity contribution >= 4 is 62.4 Å². The molecule has 166 valence electrons. The quantitative estimate of drug-likeness (QED) is 0.387. The van der Waals surface area contributed by atoms with Crippen molar-refractivity contribution in [1.82, 2.24) is 5.32 Å². The largest absolute Gasteiger partial charge is 0.488 e. The maximum Gasteiger partial charge on any atom is 0.279 e. The van der Waals surface area contributed by atoms with Crippen molar-refractivity contribution < 1.29 is 18.7 Å². The highest BCUT2D eigenvalue weighted by Crippen LogP contribution is 2.31. The molecular weight excluding hydrogens is 531 g/mol. The molecule has 1 aliphatic heterocycles. The molecule has 0 atom stereocenters. The lowest BCUT2D eigenvalue weighted by Gasteiger charge is -2.09. The normalized spacial score (nSPS) is 15.7. The number of nitrogens with one attached hydrogen (secondary N) is 1. The number of hydrogen-bond donors (Lipinski definition) is 1. The molecule has 1 aliphatic rings. The lowest BCUT2D eigenvalue weighted by Crippen LogP contribution is -2.20. The predicted molar refractivity (Wildman–Crippen MR) is 132 cm³/mol. The molecule has 0 aliphatic carbocycles. The lowest BCUT2D eigenvalue weighted by molar-refractivity contribution is -0.115. The predicted octanol–water partition coefficient (Wildman–Crippen LogP) is 6.22. The van der Waals surface area contributed by atoms with Crippen molar-refractivity contribution in [2.45, 2.75) is 6.61 Å². The molecule has 2 amide bonds. The Bertz CT molecular complexity index is 1300. The average molecular weight is 546 g/mol. The number of benzene rings is 3. The van der Waals surface area contributed by atoms with E-state index in [9.17, 15) is 14.0 Å². The zero-order chi connectivity index (χ0) is 23.4. The van der Waals surface area contributed by atoms with Crippen LogP contribution >= 0.6 is 39.3 Å². The van der Waals surface area contributed by atoms with Gasteiger partial charge in [0.05, 0.1) is 9.38 Å². The average Bonchev–Trinajstić information content (AvgIpc) is 3.12. The molecule has 33 heavy (non-hydrogen) atoms. The van der Waals surface area contributed by atoms with Crippen LogP contribution < -0.4 is 10.1 Å². The second-order valence-corrected chi connectivity index (χ2v) is 9.22. The summed E-state index contributed by atoms with van der Waals surface area (Å²) in [5, 5.41) is 3.32. The van der Waals surface area contributed by atoms with E-state index in [0.717, 1.165) is 17.3 Å². The summed E-state index contributed by atoms with van der Waals surface area (Å²) in [7, 11) is 0. The highest BCUT2D eigenvalue weighted by Gasteiger charge is 2.25. The third-order valence-electron chi connectivity index (χ3n) is 4.48. The molecule has 1 saturated heterocycles. The number of amides is 2. The van der Waals surface area contributed by atoms with Crippen LogP contribution in [0.15, 0.2) is 81.1 Å². The third-order valence-corrected chi connectivity index (χ3v) is 6.26. The first-order valence-electron chi connectivity index (χ1n) is 9.64. The van der Waals surface area contributed by atoms with Crippen LogP contribution in [0.2, 0.25) is 5.02 Å². The number of ether oxygens (including phenoxy) is 1. The van der Waals surface area contributed by atoms with Crippen molar-refractivity contribution in [2.24, 2.45) is 4.99 Å². The van der Waals surface area contributed by atoms with Gasteiger partial charge in [0.15, 0.2) is 5.17 Å². The third kappa shape index (κ3) is 6.10. The summed E-state index contributed by atoms with van der Waals surface area (Å²) in [6.07, 6.45) is 1.69. The van der Waals surface area contributed by atoms with Gasteiger partial charge in [-0.3, -0.25) is 9.59 Å². The number of aliphatic imine (C=N–C) groups is 1. The fourth-order valence-electron chi connectivity index (χ4n) is 2.89. The molecule has 3 aromatic carbocycles. The van der Waals surface area contributed by atoms with Gasteiger partial charge in [0.1, 0.15) is 18.2 Å². The van der Waals surface area contributed by atoms with E-state index in [4.69, 9.17) is 16.3 Å². The molecule has 1 N–H and O–H groups in total. The molecule has 4 rings (SSSR count). The Labute approximate surface area is 206 Å². The molecule has 9 heteroatoms. The van der Waals surface area contributed by atoms with Crippen LogP contribution in [0.3, 0.4) is 0 Å². The molecule has 0 aromatic heterocycles. The van der Waals surface area contributed by atoms with E-state index in [0.29, 0.717) is 31.3 Å². The Kier molecular flexibility index (Phi) is 7.27. The van der Waals surface area contributed by atoms with Gasteiger partial charge in [-0.05, 0) is 93.4 Å². The zero-order valence-corrected chi connectivity index (χ0v) is 20.0. The summed E-state index contributed by atoms with van der Waals surface area (Å²) in [6.45, 7) is 0.219. The Morgan fingerprint density at radius 3 is 2.67 bits per heavy atom. The fraction of sp³-hybridized carbons (Fsp3) is 0.0417. The van der Waals surface area contributed by atoms with Crippen LogP contribution in [0.25, 0.3) is 6.08 Å². The first kappa shape index (κ1) is 23.2. The summed E-state index contributed by atoms with van der Waals surface area (Å²) >= 11 is 10.4. The number of rotatable bonds is 5. The van der Waals surface area contributed by atoms with Crippen LogP contribution in [0.4, 0.5) is 4.39 Å². The van der Waals surface area contributed by atoms with Gasteiger partial charge in [-0.25, -0.2) is 4.39 Å². The minimum absolute atomic E-state index is 0.209. The Balaban J connectivity index is 1.44. The van der Waals surface area contributed by atoms with E-state index < -0.39 is 5.91 Å². The van der Waals surface area contributed by atoms with Gasteiger partial charge in [-0.1, -0.05) is 29.8 Å². The van der Waals surface area contributed by atoms with Crippen LogP contribution in [-0.4, -0.2) is 17.0 Å². The van der Waals surface area contributed by atoms with Crippen LogP contribution in [0.1, 0.15) is 21.5 Å². The zero-order valence-electron chi connectivity index (χ0n) is 16.8. The number of carbonyl (C=O) groups excluding carboxylic acids is 2. The molecule has 0 unspecified atom stereocenters. The molecule has 0 bridgehead atoms. The van der Waals surface area contributed by atoms with Crippen molar-refractivity contribution in [1.29, 1.82) is 0 Å². The molecule has 1 fully saturated rings. The smallest absolute Gasteiger partial charge is 0.279 e. The van der Waals surface area contributed by atoms with E-state index in [1.54, 1.807) is 60.7 Å². The van der Waals surface area contributed by atoms with Crippen LogP contribution in [-0.2, 0) is 11.4 Å². The van der Waals surface area contributed by atoms with Crippen LogP contribution in [0.5, 0.6) is 5.75 Å². The fourth-order valence-corrected chi connectivity index (χ4v) is 4.35. The number of hydrogen-bond acceptors (Lipinski definition) is 4. The number of halogens is 3. The monoisotopic (exact) mass is 544 g/mol. The van der Waals surface area contributed by atoms with Gasteiger partial charge in [-0.2, -0.15) is 4.99 Å². The molecular formula is C24H15BrClFN2O3S. The topological polar surface area (TPSA) is 67.8 Å². The Morgan fingerprint density at radius 1 is 1.15 bits per heavy atom. The number of carbonyl (C=O) groups is 2. The Morgan fingerprint density at radius 2 is 1.94 bits per heavy atom. The standard InChI is InChI=1S/C24H15BrClFN2O3S/c25-19-11-14(4-9-20(19)32-13-15-2-1-3-18(27)10-15)12-21-23(31)29-24(33-21)28-22(30)16-5-7-17(26)8-6-16/h1-12H,13H2,(H,28,29,30,31)/b21-12-. The van der Waals surface area contributed by atoms with Gasteiger partial charge in [0.2, 0.25) is 0 Å². The summed E-state index contributed by atoms with van der Waals surface area (Å²) in [5.74, 6) is -0.550. The first-order valence-corrected chi connectivity index (χ1v) is 11.6. The Hall–Kier alpha value is -2.94. The van der Waals surface area contributed by atoms with Crippen molar-refractivity contribution in [3.8, 4) is 5.75 Å². The summed E-state index contributed by atoms with van der Waals surface area (Å²) < 4.78 is 19.7. The number of amidine groups is 1.